The van der Waals surface area contributed by atoms with E-state index >= 15 is 0 Å². The molecule has 3 rings (SSSR count). The van der Waals surface area contributed by atoms with E-state index in [1.165, 1.54) is 12.1 Å². The molecule has 2 aromatic carbocycles. The van der Waals surface area contributed by atoms with Crippen molar-refractivity contribution in [3.05, 3.63) is 69.8 Å². The molecule has 27 heavy (non-hydrogen) atoms. The molecule has 0 radical (unpaired) electrons. The van der Waals surface area contributed by atoms with Gasteiger partial charge in [0.1, 0.15) is 5.69 Å². The predicted molar refractivity (Wildman–Crippen MR) is 99.1 cm³/mol. The van der Waals surface area contributed by atoms with Crippen LogP contribution in [-0.2, 0) is 14.3 Å². The highest BCUT2D eigenvalue weighted by Gasteiger charge is 2.32. The number of nitrogens with zero attached hydrogens (tertiary/aromatic N) is 1. The van der Waals surface area contributed by atoms with Gasteiger partial charge in [0.25, 0.3) is 11.6 Å². The van der Waals surface area contributed by atoms with E-state index in [2.05, 4.69) is 5.32 Å². The Labute approximate surface area is 156 Å². The lowest BCUT2D eigenvalue weighted by molar-refractivity contribution is -0.384. The average Bonchev–Trinajstić information content (AvgIpc) is 2.60. The zero-order chi connectivity index (χ0) is 19.4. The molecule has 140 valence electrons. The number of hydrogen-bond donors (Lipinski definition) is 1. The molecule has 1 fully saturated rings. The van der Waals surface area contributed by atoms with Crippen LogP contribution in [0.5, 0.6) is 0 Å². The third-order valence-electron chi connectivity index (χ3n) is 4.62. The van der Waals surface area contributed by atoms with Crippen molar-refractivity contribution in [2.75, 3.05) is 5.32 Å². The van der Waals surface area contributed by atoms with Crippen molar-refractivity contribution < 1.29 is 19.2 Å². The molecule has 0 heterocycles. The topological polar surface area (TPSA) is 98.5 Å². The molecule has 1 amide bonds. The Bertz CT molecular complexity index is 862. The third kappa shape index (κ3) is 4.31. The van der Waals surface area contributed by atoms with Gasteiger partial charge in [0, 0.05) is 11.6 Å². The second-order valence-corrected chi connectivity index (χ2v) is 6.62. The van der Waals surface area contributed by atoms with Crippen molar-refractivity contribution in [2.24, 2.45) is 5.92 Å². The molecule has 1 aliphatic carbocycles. The second kappa shape index (κ2) is 7.99. The Kier molecular flexibility index (Phi) is 5.49. The zero-order valence-corrected chi connectivity index (χ0v) is 14.9. The number of nitrogens with one attached hydrogen (secondary N) is 1. The van der Waals surface area contributed by atoms with Gasteiger partial charge in [0.2, 0.25) is 6.10 Å². The number of anilines is 1. The summed E-state index contributed by atoms with van der Waals surface area (Å²) in [5, 5.41) is 13.8. The minimum Gasteiger partial charge on any atom is -0.447 e. The van der Waals surface area contributed by atoms with Crippen LogP contribution in [0, 0.1) is 23.0 Å². The molecule has 1 N–H and O–H groups in total. The highest BCUT2D eigenvalue weighted by Crippen LogP contribution is 2.31. The zero-order valence-electron chi connectivity index (χ0n) is 14.9. The quantitative estimate of drug-likeness (QED) is 0.473. The van der Waals surface area contributed by atoms with E-state index in [1.807, 2.05) is 0 Å². The number of ether oxygens (including phenoxy) is 1. The van der Waals surface area contributed by atoms with Gasteiger partial charge in [-0.25, -0.2) is 0 Å². The van der Waals surface area contributed by atoms with Crippen LogP contribution in [0.4, 0.5) is 11.4 Å². The Balaban J connectivity index is 1.85. The summed E-state index contributed by atoms with van der Waals surface area (Å²) in [6.45, 7) is 1.73. The number of amides is 1. The molecule has 0 unspecified atom stereocenters. The molecule has 0 spiro atoms. The van der Waals surface area contributed by atoms with Crippen LogP contribution in [0.2, 0.25) is 0 Å². The first-order chi connectivity index (χ1) is 13.0. The fraction of sp³-hybridized carbons (Fsp3) is 0.300. The summed E-state index contributed by atoms with van der Waals surface area (Å²) in [5.41, 5.74) is 1.07. The number of carbonyl (C=O) groups is 2. The molecule has 7 nitrogen and oxygen atoms in total. The number of benzene rings is 2. The first-order valence-corrected chi connectivity index (χ1v) is 8.77. The van der Waals surface area contributed by atoms with Crippen LogP contribution < -0.4 is 5.32 Å². The standard InChI is InChI=1S/C20H20N2O5/c1-13-10-11-16(17(12-13)22(25)26)21-19(23)18(14-6-3-2-4-7-14)27-20(24)15-8-5-9-15/h2-4,6-7,10-12,15,18H,5,8-9H2,1H3,(H,21,23)/t18-/m0/s1. The van der Waals surface area contributed by atoms with Gasteiger partial charge in [-0.3, -0.25) is 19.7 Å². The van der Waals surface area contributed by atoms with Gasteiger partial charge in [0.05, 0.1) is 10.8 Å². The van der Waals surface area contributed by atoms with Gasteiger partial charge in [0.15, 0.2) is 0 Å². The maximum Gasteiger partial charge on any atom is 0.310 e. The van der Waals surface area contributed by atoms with E-state index in [4.69, 9.17) is 4.74 Å². The van der Waals surface area contributed by atoms with Crippen molar-refractivity contribution in [2.45, 2.75) is 32.3 Å². The summed E-state index contributed by atoms with van der Waals surface area (Å²) in [6, 6.07) is 13.2. The number of nitro groups is 1. The van der Waals surface area contributed by atoms with Gasteiger partial charge in [-0.1, -0.05) is 42.8 Å². The summed E-state index contributed by atoms with van der Waals surface area (Å²) in [6.07, 6.45) is 1.31. The normalized spacial score (nSPS) is 14.7. The molecule has 1 saturated carbocycles. The Morgan fingerprint density at radius 2 is 1.89 bits per heavy atom. The summed E-state index contributed by atoms with van der Waals surface area (Å²) in [4.78, 5) is 35.8. The van der Waals surface area contributed by atoms with Crippen LogP contribution in [0.15, 0.2) is 48.5 Å². The highest BCUT2D eigenvalue weighted by molar-refractivity contribution is 5.98. The molecule has 7 heteroatoms. The largest absolute Gasteiger partial charge is 0.447 e. The predicted octanol–water partition coefficient (Wildman–Crippen LogP) is 3.93. The fourth-order valence-electron chi connectivity index (χ4n) is 2.85. The van der Waals surface area contributed by atoms with Crippen molar-refractivity contribution in [1.29, 1.82) is 0 Å². The van der Waals surface area contributed by atoms with Gasteiger partial charge in [-0.2, -0.15) is 0 Å². The Morgan fingerprint density at radius 3 is 2.48 bits per heavy atom. The van der Waals surface area contributed by atoms with Crippen LogP contribution in [-0.4, -0.2) is 16.8 Å². The second-order valence-electron chi connectivity index (χ2n) is 6.62. The first kappa shape index (κ1) is 18.6. The van der Waals surface area contributed by atoms with E-state index in [-0.39, 0.29) is 17.3 Å². The number of rotatable bonds is 6. The van der Waals surface area contributed by atoms with Gasteiger partial charge >= 0.3 is 5.97 Å². The lowest BCUT2D eigenvalue weighted by atomic mass is 9.85. The lowest BCUT2D eigenvalue weighted by Gasteiger charge is -2.26. The van der Waals surface area contributed by atoms with Gasteiger partial charge in [-0.05, 0) is 31.4 Å². The van der Waals surface area contributed by atoms with Crippen molar-refractivity contribution in [3.8, 4) is 0 Å². The van der Waals surface area contributed by atoms with Crippen molar-refractivity contribution in [1.82, 2.24) is 0 Å². The van der Waals surface area contributed by atoms with Crippen LogP contribution in [0.25, 0.3) is 0 Å². The minimum absolute atomic E-state index is 0.0659. The molecule has 2 aromatic rings. The van der Waals surface area contributed by atoms with Gasteiger partial charge < -0.3 is 10.1 Å². The molecule has 0 aromatic heterocycles. The molecule has 0 bridgehead atoms. The number of hydrogen-bond acceptors (Lipinski definition) is 5. The van der Waals surface area contributed by atoms with E-state index < -0.39 is 22.9 Å². The smallest absolute Gasteiger partial charge is 0.310 e. The molecule has 1 aliphatic rings. The lowest BCUT2D eigenvalue weighted by Crippen LogP contribution is -2.31. The number of carbonyl (C=O) groups excluding carboxylic acids is 2. The van der Waals surface area contributed by atoms with Crippen LogP contribution in [0.3, 0.4) is 0 Å². The molecule has 0 aliphatic heterocycles. The van der Waals surface area contributed by atoms with E-state index in [1.54, 1.807) is 43.3 Å². The Morgan fingerprint density at radius 1 is 1.19 bits per heavy atom. The van der Waals surface area contributed by atoms with E-state index in [0.29, 0.717) is 11.1 Å². The first-order valence-electron chi connectivity index (χ1n) is 8.77. The average molecular weight is 368 g/mol. The monoisotopic (exact) mass is 368 g/mol. The minimum atomic E-state index is -1.17. The number of esters is 1. The maximum absolute atomic E-state index is 12.8. The van der Waals surface area contributed by atoms with Crippen LogP contribution in [0.1, 0.15) is 36.5 Å². The summed E-state index contributed by atoms with van der Waals surface area (Å²) in [5.74, 6) is -1.22. The van der Waals surface area contributed by atoms with E-state index in [9.17, 15) is 19.7 Å². The summed E-state index contributed by atoms with van der Waals surface area (Å²) >= 11 is 0. The summed E-state index contributed by atoms with van der Waals surface area (Å²) < 4.78 is 5.48. The van der Waals surface area contributed by atoms with E-state index in [0.717, 1.165) is 19.3 Å². The molecule has 0 saturated heterocycles. The van der Waals surface area contributed by atoms with Crippen molar-refractivity contribution in [3.63, 3.8) is 0 Å². The Hall–Kier alpha value is -3.22. The highest BCUT2D eigenvalue weighted by atomic mass is 16.6. The van der Waals surface area contributed by atoms with Crippen molar-refractivity contribution >= 4 is 23.3 Å². The van der Waals surface area contributed by atoms with Crippen LogP contribution >= 0.6 is 0 Å². The third-order valence-corrected chi connectivity index (χ3v) is 4.62. The van der Waals surface area contributed by atoms with Gasteiger partial charge in [-0.15, -0.1) is 0 Å². The molecule has 1 atom stereocenters. The fourth-order valence-corrected chi connectivity index (χ4v) is 2.85. The summed E-state index contributed by atoms with van der Waals surface area (Å²) in [7, 11) is 0. The molecular formula is C20H20N2O5. The SMILES string of the molecule is Cc1ccc(NC(=O)[C@@H](OC(=O)C2CCC2)c2ccccc2)c([N+](=O)[O-])c1. The maximum atomic E-state index is 12.8. The number of nitro benzene ring substituents is 1. The number of aryl methyl sites for hydroxylation is 1. The molecular weight excluding hydrogens is 348 g/mol.